The van der Waals surface area contributed by atoms with Crippen molar-refractivity contribution in [1.82, 2.24) is 25.2 Å². The van der Waals surface area contributed by atoms with Gasteiger partial charge in [0.25, 0.3) is 0 Å². The van der Waals surface area contributed by atoms with Gasteiger partial charge in [-0.1, -0.05) is 24.4 Å². The lowest BCUT2D eigenvalue weighted by Gasteiger charge is -2.22. The van der Waals surface area contributed by atoms with E-state index < -0.39 is 0 Å². The molecule has 0 aliphatic heterocycles. The van der Waals surface area contributed by atoms with Gasteiger partial charge in [0.15, 0.2) is 5.82 Å². The first-order valence-electron chi connectivity index (χ1n) is 8.29. The van der Waals surface area contributed by atoms with Crippen molar-refractivity contribution < 1.29 is 9.32 Å². The summed E-state index contributed by atoms with van der Waals surface area (Å²) in [6.07, 6.45) is 10.4. The Morgan fingerprint density at radius 2 is 2.22 bits per heavy atom. The first-order chi connectivity index (χ1) is 11.2. The summed E-state index contributed by atoms with van der Waals surface area (Å²) in [6.45, 7) is 2.68. The minimum atomic E-state index is -0.0213. The molecule has 1 aliphatic rings. The number of nitrogens with zero attached hydrogens (tertiary/aromatic N) is 4. The van der Waals surface area contributed by atoms with Crippen molar-refractivity contribution in [2.24, 2.45) is 0 Å². The molecule has 0 spiro atoms. The van der Waals surface area contributed by atoms with Crippen LogP contribution in [0.4, 0.5) is 0 Å². The molecule has 0 bridgehead atoms. The lowest BCUT2D eigenvalue weighted by atomic mass is 9.95. The Balaban J connectivity index is 1.45. The lowest BCUT2D eigenvalue weighted by Crippen LogP contribution is -2.37. The number of aromatic nitrogens is 4. The Morgan fingerprint density at radius 3 is 2.96 bits per heavy atom. The number of carbonyl (C=O) groups is 1. The fraction of sp³-hybridized carbons (Fsp3) is 0.625. The Bertz CT molecular complexity index is 642. The highest BCUT2D eigenvalue weighted by Gasteiger charge is 2.17. The van der Waals surface area contributed by atoms with Crippen LogP contribution in [0.3, 0.4) is 0 Å². The summed E-state index contributed by atoms with van der Waals surface area (Å²) >= 11 is 0. The Morgan fingerprint density at radius 1 is 1.39 bits per heavy atom. The molecule has 1 aliphatic carbocycles. The van der Waals surface area contributed by atoms with Crippen LogP contribution in [0.15, 0.2) is 16.9 Å². The quantitative estimate of drug-likeness (QED) is 0.878. The molecule has 1 N–H and O–H groups in total. The van der Waals surface area contributed by atoms with Gasteiger partial charge in [0.05, 0.1) is 12.6 Å². The van der Waals surface area contributed by atoms with Gasteiger partial charge in [0, 0.05) is 25.2 Å². The summed E-state index contributed by atoms with van der Waals surface area (Å²) in [5.41, 5.74) is 1.12. The zero-order valence-electron chi connectivity index (χ0n) is 13.5. The maximum absolute atomic E-state index is 12.0. The third-order valence-electron chi connectivity index (χ3n) is 4.12. The first kappa shape index (κ1) is 15.7. The van der Waals surface area contributed by atoms with Crippen molar-refractivity contribution in [3.05, 3.63) is 29.7 Å². The molecular formula is C16H23N5O2. The summed E-state index contributed by atoms with van der Waals surface area (Å²) in [7, 11) is 0. The largest absolute Gasteiger partial charge is 0.353 e. The van der Waals surface area contributed by atoms with E-state index in [4.69, 9.17) is 4.52 Å². The molecule has 0 unspecified atom stereocenters. The van der Waals surface area contributed by atoms with Gasteiger partial charge in [-0.25, -0.2) is 0 Å². The molecule has 2 aromatic rings. The van der Waals surface area contributed by atoms with Crippen molar-refractivity contribution >= 4 is 5.91 Å². The molecule has 124 valence electrons. The predicted octanol–water partition coefficient (Wildman–Crippen LogP) is 1.81. The molecule has 7 heteroatoms. The third kappa shape index (κ3) is 4.64. The molecule has 1 amide bonds. The van der Waals surface area contributed by atoms with Crippen LogP contribution in [0, 0.1) is 6.92 Å². The van der Waals surface area contributed by atoms with Crippen LogP contribution < -0.4 is 5.32 Å². The molecule has 23 heavy (non-hydrogen) atoms. The maximum Gasteiger partial charge on any atom is 0.228 e. The maximum atomic E-state index is 12.0. The van der Waals surface area contributed by atoms with E-state index in [0.717, 1.165) is 18.4 Å². The second kappa shape index (κ2) is 7.39. The normalized spacial score (nSPS) is 15.7. The monoisotopic (exact) mass is 317 g/mol. The highest BCUT2D eigenvalue weighted by atomic mass is 16.5. The molecule has 0 aromatic carbocycles. The second-order valence-electron chi connectivity index (χ2n) is 6.21. The van der Waals surface area contributed by atoms with Crippen LogP contribution >= 0.6 is 0 Å². The number of rotatable bonds is 6. The molecule has 2 heterocycles. The Labute approximate surface area is 135 Å². The third-order valence-corrected chi connectivity index (χ3v) is 4.12. The Hall–Kier alpha value is -2.18. The number of hydrogen-bond acceptors (Lipinski definition) is 5. The molecule has 2 aromatic heterocycles. The molecule has 7 nitrogen and oxygen atoms in total. The minimum absolute atomic E-state index is 0.0213. The number of hydrogen-bond donors (Lipinski definition) is 1. The van der Waals surface area contributed by atoms with Crippen LogP contribution in [0.25, 0.3) is 0 Å². The van der Waals surface area contributed by atoms with Gasteiger partial charge in [0.1, 0.15) is 0 Å². The van der Waals surface area contributed by atoms with Crippen LogP contribution in [0.5, 0.6) is 0 Å². The average molecular weight is 317 g/mol. The predicted molar refractivity (Wildman–Crippen MR) is 83.7 cm³/mol. The van der Waals surface area contributed by atoms with Crippen LogP contribution in [0.1, 0.15) is 49.4 Å². The van der Waals surface area contributed by atoms with Gasteiger partial charge in [-0.15, -0.1) is 0 Å². The summed E-state index contributed by atoms with van der Waals surface area (Å²) in [5, 5.41) is 11.2. The van der Waals surface area contributed by atoms with Crippen LogP contribution in [0.2, 0.25) is 0 Å². The first-order valence-corrected chi connectivity index (χ1v) is 8.29. The zero-order valence-corrected chi connectivity index (χ0v) is 13.5. The van der Waals surface area contributed by atoms with Gasteiger partial charge in [-0.3, -0.25) is 9.48 Å². The SMILES string of the molecule is Cc1cnn(CCc2nc(CC(=O)NC3CCCCC3)no2)c1. The fourth-order valence-corrected chi connectivity index (χ4v) is 2.93. The summed E-state index contributed by atoms with van der Waals surface area (Å²) in [4.78, 5) is 16.3. The second-order valence-corrected chi connectivity index (χ2v) is 6.21. The van der Waals surface area contributed by atoms with Gasteiger partial charge in [-0.2, -0.15) is 10.1 Å². The van der Waals surface area contributed by atoms with Crippen LogP contribution in [-0.2, 0) is 24.2 Å². The van der Waals surface area contributed by atoms with Gasteiger partial charge in [0.2, 0.25) is 11.8 Å². The lowest BCUT2D eigenvalue weighted by molar-refractivity contribution is -0.121. The van der Waals surface area contributed by atoms with Crippen molar-refractivity contribution in [3.63, 3.8) is 0 Å². The smallest absolute Gasteiger partial charge is 0.228 e. The number of carbonyl (C=O) groups excluding carboxylic acids is 1. The average Bonchev–Trinajstić information content (AvgIpc) is 3.15. The molecule has 1 saturated carbocycles. The van der Waals surface area contributed by atoms with Crippen molar-refractivity contribution in [3.8, 4) is 0 Å². The van der Waals surface area contributed by atoms with Gasteiger partial charge in [-0.05, 0) is 25.3 Å². The summed E-state index contributed by atoms with van der Waals surface area (Å²) < 4.78 is 7.04. The van der Waals surface area contributed by atoms with E-state index in [2.05, 4.69) is 20.6 Å². The summed E-state index contributed by atoms with van der Waals surface area (Å²) in [6, 6.07) is 0.311. The molecule has 0 atom stereocenters. The topological polar surface area (TPSA) is 85.8 Å². The van der Waals surface area contributed by atoms with E-state index in [1.807, 2.05) is 24.0 Å². The van der Waals surface area contributed by atoms with Crippen molar-refractivity contribution in [2.45, 2.75) is 64.5 Å². The number of amides is 1. The van der Waals surface area contributed by atoms with Gasteiger partial charge >= 0.3 is 0 Å². The molecule has 0 radical (unpaired) electrons. The van der Waals surface area contributed by atoms with Crippen molar-refractivity contribution in [1.29, 1.82) is 0 Å². The van der Waals surface area contributed by atoms with Crippen LogP contribution in [-0.4, -0.2) is 31.9 Å². The number of nitrogens with one attached hydrogen (secondary N) is 1. The standard InChI is InChI=1S/C16H23N5O2/c1-12-10-17-21(11-12)8-7-16-19-14(20-23-16)9-15(22)18-13-5-3-2-4-6-13/h10-11,13H,2-9H2,1H3,(H,18,22). The highest BCUT2D eigenvalue weighted by Crippen LogP contribution is 2.17. The highest BCUT2D eigenvalue weighted by molar-refractivity contribution is 5.78. The van der Waals surface area contributed by atoms with E-state index in [-0.39, 0.29) is 12.3 Å². The molecule has 3 rings (SSSR count). The van der Waals surface area contributed by atoms with E-state index in [9.17, 15) is 4.79 Å². The fourth-order valence-electron chi connectivity index (χ4n) is 2.93. The summed E-state index contributed by atoms with van der Waals surface area (Å²) in [5.74, 6) is 0.968. The molecule has 1 fully saturated rings. The zero-order chi connectivity index (χ0) is 16.1. The molecule has 0 saturated heterocycles. The Kier molecular flexibility index (Phi) is 5.05. The van der Waals surface area contributed by atoms with E-state index in [0.29, 0.717) is 30.7 Å². The van der Waals surface area contributed by atoms with E-state index in [1.54, 1.807) is 0 Å². The van der Waals surface area contributed by atoms with Crippen molar-refractivity contribution in [2.75, 3.05) is 0 Å². The van der Waals surface area contributed by atoms with Gasteiger partial charge < -0.3 is 9.84 Å². The van der Waals surface area contributed by atoms with E-state index >= 15 is 0 Å². The van der Waals surface area contributed by atoms with E-state index in [1.165, 1.54) is 19.3 Å². The number of aryl methyl sites for hydroxylation is 3. The minimum Gasteiger partial charge on any atom is -0.353 e. The molecular weight excluding hydrogens is 294 g/mol.